The lowest BCUT2D eigenvalue weighted by Crippen LogP contribution is -2.52. The predicted octanol–water partition coefficient (Wildman–Crippen LogP) is 1.09. The number of hydrogen-bond acceptors (Lipinski definition) is 4. The topological polar surface area (TPSA) is 75.3 Å². The molecule has 3 amide bonds. The molecule has 2 N–H and O–H groups in total. The molecule has 6 heteroatoms. The Balaban J connectivity index is 1.70. The average molecular weight is 292 g/mol. The molecule has 0 radical (unpaired) electrons. The molecule has 1 unspecified atom stereocenters. The molecule has 1 aliphatic heterocycles. The van der Waals surface area contributed by atoms with E-state index in [1.807, 2.05) is 30.3 Å². The second-order valence-electron chi connectivity index (χ2n) is 4.48. The van der Waals surface area contributed by atoms with Crippen molar-refractivity contribution in [2.45, 2.75) is 30.2 Å². The highest BCUT2D eigenvalue weighted by atomic mass is 32.2. The van der Waals surface area contributed by atoms with Crippen molar-refractivity contribution in [2.24, 2.45) is 0 Å². The highest BCUT2D eigenvalue weighted by Crippen LogP contribution is 2.17. The molecule has 20 heavy (non-hydrogen) atoms. The van der Waals surface area contributed by atoms with Gasteiger partial charge < -0.3 is 5.32 Å². The van der Waals surface area contributed by atoms with Gasteiger partial charge in [-0.2, -0.15) is 0 Å². The Bertz CT molecular complexity index is 504. The van der Waals surface area contributed by atoms with E-state index in [1.54, 1.807) is 11.8 Å². The van der Waals surface area contributed by atoms with Crippen molar-refractivity contribution < 1.29 is 14.4 Å². The molecule has 1 saturated heterocycles. The molecule has 1 aromatic carbocycles. The van der Waals surface area contributed by atoms with Gasteiger partial charge in [-0.1, -0.05) is 18.2 Å². The van der Waals surface area contributed by atoms with Crippen LogP contribution in [0.15, 0.2) is 35.2 Å². The Morgan fingerprint density at radius 3 is 2.75 bits per heavy atom. The number of hydrogen-bond donors (Lipinski definition) is 2. The van der Waals surface area contributed by atoms with Crippen LogP contribution in [0.1, 0.15) is 19.3 Å². The summed E-state index contributed by atoms with van der Waals surface area (Å²) < 4.78 is 0. The zero-order valence-electron chi connectivity index (χ0n) is 10.9. The molecule has 106 valence electrons. The fourth-order valence-electron chi connectivity index (χ4n) is 1.88. The van der Waals surface area contributed by atoms with Gasteiger partial charge in [-0.25, -0.2) is 0 Å². The van der Waals surface area contributed by atoms with Crippen molar-refractivity contribution in [1.29, 1.82) is 0 Å². The molecule has 5 nitrogen and oxygen atoms in total. The Morgan fingerprint density at radius 2 is 2.05 bits per heavy atom. The van der Waals surface area contributed by atoms with Gasteiger partial charge in [-0.3, -0.25) is 19.7 Å². The second-order valence-corrected chi connectivity index (χ2v) is 5.65. The molecular weight excluding hydrogens is 276 g/mol. The largest absolute Gasteiger partial charge is 0.344 e. The molecule has 1 heterocycles. The number of amides is 3. The van der Waals surface area contributed by atoms with Crippen molar-refractivity contribution in [3.63, 3.8) is 0 Å². The van der Waals surface area contributed by atoms with E-state index < -0.39 is 11.9 Å². The van der Waals surface area contributed by atoms with E-state index in [1.165, 1.54) is 0 Å². The van der Waals surface area contributed by atoms with Gasteiger partial charge in [-0.15, -0.1) is 11.8 Å². The maximum absolute atomic E-state index is 11.7. The highest BCUT2D eigenvalue weighted by molar-refractivity contribution is 7.99. The summed E-state index contributed by atoms with van der Waals surface area (Å²) in [6.45, 7) is 0. The zero-order chi connectivity index (χ0) is 14.4. The van der Waals surface area contributed by atoms with E-state index in [0.29, 0.717) is 18.6 Å². The Kier molecular flexibility index (Phi) is 5.17. The molecule has 0 aliphatic carbocycles. The number of carbonyl (C=O) groups excluding carboxylic acids is 3. The lowest BCUT2D eigenvalue weighted by atomic mass is 10.1. The summed E-state index contributed by atoms with van der Waals surface area (Å²) in [5.74, 6) is -0.197. The monoisotopic (exact) mass is 292 g/mol. The van der Waals surface area contributed by atoms with Gasteiger partial charge >= 0.3 is 0 Å². The van der Waals surface area contributed by atoms with E-state index in [-0.39, 0.29) is 18.2 Å². The summed E-state index contributed by atoms with van der Waals surface area (Å²) in [5, 5.41) is 4.88. The first-order valence-electron chi connectivity index (χ1n) is 6.46. The van der Waals surface area contributed by atoms with Crippen molar-refractivity contribution >= 4 is 29.5 Å². The van der Waals surface area contributed by atoms with E-state index in [2.05, 4.69) is 10.6 Å². The van der Waals surface area contributed by atoms with Crippen LogP contribution >= 0.6 is 11.8 Å². The summed E-state index contributed by atoms with van der Waals surface area (Å²) in [6.07, 6.45) is 0.995. The summed E-state index contributed by atoms with van der Waals surface area (Å²) in [4.78, 5) is 35.3. The summed E-state index contributed by atoms with van der Waals surface area (Å²) >= 11 is 1.60. The lowest BCUT2D eigenvalue weighted by molar-refractivity contribution is -0.137. The van der Waals surface area contributed by atoms with Crippen molar-refractivity contribution in [3.8, 4) is 0 Å². The van der Waals surface area contributed by atoms with Crippen LogP contribution in [0.4, 0.5) is 0 Å². The fourth-order valence-corrected chi connectivity index (χ4v) is 2.75. The average Bonchev–Trinajstić information content (AvgIpc) is 2.43. The van der Waals surface area contributed by atoms with Gasteiger partial charge in [0.1, 0.15) is 6.04 Å². The normalized spacial score (nSPS) is 18.5. The van der Waals surface area contributed by atoms with E-state index in [0.717, 1.165) is 4.90 Å². The molecule has 0 bridgehead atoms. The van der Waals surface area contributed by atoms with Crippen LogP contribution in [0.5, 0.6) is 0 Å². The van der Waals surface area contributed by atoms with Crippen LogP contribution < -0.4 is 10.6 Å². The third kappa shape index (κ3) is 4.38. The first-order chi connectivity index (χ1) is 9.65. The van der Waals surface area contributed by atoms with Crippen LogP contribution in [0.2, 0.25) is 0 Å². The van der Waals surface area contributed by atoms with Crippen LogP contribution in [0.25, 0.3) is 0 Å². The van der Waals surface area contributed by atoms with Gasteiger partial charge in [0.25, 0.3) is 0 Å². The summed E-state index contributed by atoms with van der Waals surface area (Å²) in [7, 11) is 0. The first-order valence-corrected chi connectivity index (χ1v) is 7.44. The molecule has 1 aromatic rings. The minimum Gasteiger partial charge on any atom is -0.344 e. The number of thioether (sulfide) groups is 1. The zero-order valence-corrected chi connectivity index (χ0v) is 11.7. The van der Waals surface area contributed by atoms with Crippen LogP contribution in [-0.2, 0) is 14.4 Å². The SMILES string of the molecule is O=C1CCC(NC(=O)CCSc2ccccc2)C(=O)N1. The van der Waals surface area contributed by atoms with Crippen molar-refractivity contribution in [2.75, 3.05) is 5.75 Å². The fraction of sp³-hybridized carbons (Fsp3) is 0.357. The maximum Gasteiger partial charge on any atom is 0.249 e. The number of imide groups is 1. The number of benzene rings is 1. The third-order valence-corrected chi connectivity index (χ3v) is 3.93. The van der Waals surface area contributed by atoms with Gasteiger partial charge in [0.2, 0.25) is 17.7 Å². The van der Waals surface area contributed by atoms with Gasteiger partial charge in [0, 0.05) is 23.5 Å². The van der Waals surface area contributed by atoms with E-state index >= 15 is 0 Å². The Morgan fingerprint density at radius 1 is 1.30 bits per heavy atom. The second kappa shape index (κ2) is 7.09. The highest BCUT2D eigenvalue weighted by Gasteiger charge is 2.27. The van der Waals surface area contributed by atoms with E-state index in [4.69, 9.17) is 0 Å². The molecule has 0 spiro atoms. The molecule has 0 saturated carbocycles. The van der Waals surface area contributed by atoms with Crippen LogP contribution in [0.3, 0.4) is 0 Å². The molecule has 1 atom stereocenters. The van der Waals surface area contributed by atoms with E-state index in [9.17, 15) is 14.4 Å². The first kappa shape index (κ1) is 14.6. The third-order valence-electron chi connectivity index (χ3n) is 2.92. The quantitative estimate of drug-likeness (QED) is 0.629. The molecule has 1 aliphatic rings. The molecular formula is C14H16N2O3S. The molecule has 0 aromatic heterocycles. The van der Waals surface area contributed by atoms with Crippen molar-refractivity contribution in [1.82, 2.24) is 10.6 Å². The number of carbonyl (C=O) groups is 3. The van der Waals surface area contributed by atoms with Crippen LogP contribution in [0, 0.1) is 0 Å². The van der Waals surface area contributed by atoms with Crippen LogP contribution in [-0.4, -0.2) is 29.5 Å². The minimum absolute atomic E-state index is 0.164. The summed E-state index contributed by atoms with van der Waals surface area (Å²) in [6, 6.07) is 9.24. The Labute approximate surface area is 121 Å². The lowest BCUT2D eigenvalue weighted by Gasteiger charge is -2.21. The number of piperidine rings is 1. The van der Waals surface area contributed by atoms with Gasteiger partial charge in [0.15, 0.2) is 0 Å². The Hall–Kier alpha value is -1.82. The maximum atomic E-state index is 11.7. The van der Waals surface area contributed by atoms with Gasteiger partial charge in [0.05, 0.1) is 0 Å². The standard InChI is InChI=1S/C14H16N2O3S/c17-12-7-6-11(14(19)16-12)15-13(18)8-9-20-10-4-2-1-3-5-10/h1-5,11H,6-9H2,(H,15,18)(H,16,17,19). The minimum atomic E-state index is -0.582. The number of nitrogens with one attached hydrogen (secondary N) is 2. The number of rotatable bonds is 5. The van der Waals surface area contributed by atoms with Gasteiger partial charge in [-0.05, 0) is 18.6 Å². The predicted molar refractivity (Wildman–Crippen MR) is 76.1 cm³/mol. The molecule has 1 fully saturated rings. The summed E-state index contributed by atoms with van der Waals surface area (Å²) in [5.41, 5.74) is 0. The molecule has 2 rings (SSSR count). The van der Waals surface area contributed by atoms with Crippen molar-refractivity contribution in [3.05, 3.63) is 30.3 Å². The smallest absolute Gasteiger partial charge is 0.249 e.